The lowest BCUT2D eigenvalue weighted by Crippen LogP contribution is -2.38. The van der Waals surface area contributed by atoms with Gasteiger partial charge in [-0.25, -0.2) is 0 Å². The Morgan fingerprint density at radius 2 is 2.06 bits per heavy atom. The summed E-state index contributed by atoms with van der Waals surface area (Å²) in [5, 5.41) is 13.5. The van der Waals surface area contributed by atoms with Gasteiger partial charge in [0.05, 0.1) is 11.8 Å². The van der Waals surface area contributed by atoms with Crippen LogP contribution in [0, 0.1) is 0 Å². The van der Waals surface area contributed by atoms with Crippen molar-refractivity contribution in [3.05, 3.63) is 26.9 Å². The van der Waals surface area contributed by atoms with Crippen molar-refractivity contribution < 1.29 is 5.11 Å². The third kappa shape index (κ3) is 4.02. The molecule has 18 heavy (non-hydrogen) atoms. The molecule has 2 rings (SSSR count). The Morgan fingerprint density at radius 1 is 1.28 bits per heavy atom. The summed E-state index contributed by atoms with van der Waals surface area (Å²) in [7, 11) is 0. The van der Waals surface area contributed by atoms with Crippen molar-refractivity contribution in [3.63, 3.8) is 0 Å². The third-order valence-electron chi connectivity index (χ3n) is 3.40. The zero-order chi connectivity index (χ0) is 13.0. The molecule has 1 aliphatic carbocycles. The molecule has 0 bridgehead atoms. The van der Waals surface area contributed by atoms with Crippen LogP contribution in [0.3, 0.4) is 0 Å². The van der Waals surface area contributed by atoms with Crippen molar-refractivity contribution in [2.45, 2.75) is 50.8 Å². The molecule has 1 aromatic rings. The van der Waals surface area contributed by atoms with E-state index >= 15 is 0 Å². The first-order valence-corrected chi connectivity index (χ1v) is 7.97. The van der Waals surface area contributed by atoms with Gasteiger partial charge in [-0.1, -0.05) is 19.3 Å². The van der Waals surface area contributed by atoms with E-state index in [1.165, 1.54) is 12.8 Å². The summed E-state index contributed by atoms with van der Waals surface area (Å²) in [6.07, 6.45) is 7.10. The van der Waals surface area contributed by atoms with Gasteiger partial charge in [0.2, 0.25) is 0 Å². The molecule has 0 amide bonds. The fourth-order valence-electron chi connectivity index (χ4n) is 2.33. The Labute approximate surface area is 125 Å². The van der Waals surface area contributed by atoms with Crippen LogP contribution in [-0.2, 0) is 6.54 Å². The summed E-state index contributed by atoms with van der Waals surface area (Å²) in [5.74, 6) is 0. The lowest BCUT2D eigenvalue weighted by atomic mass is 10.1. The summed E-state index contributed by atoms with van der Waals surface area (Å²) < 4.78 is 1.96. The van der Waals surface area contributed by atoms with Crippen LogP contribution in [0.2, 0.25) is 0 Å². The van der Waals surface area contributed by atoms with Crippen LogP contribution in [0.15, 0.2) is 21.2 Å². The van der Waals surface area contributed by atoms with Gasteiger partial charge in [-0.15, -0.1) is 0 Å². The second kappa shape index (κ2) is 6.98. The van der Waals surface area contributed by atoms with Gasteiger partial charge < -0.3 is 10.4 Å². The molecular weight excluding hydrogens is 360 g/mol. The highest BCUT2D eigenvalue weighted by Crippen LogP contribution is 2.21. The molecular formula is C13H18Br2N2O. The van der Waals surface area contributed by atoms with Crippen molar-refractivity contribution in [1.29, 1.82) is 0 Å². The van der Waals surface area contributed by atoms with Crippen LogP contribution in [-0.4, -0.2) is 22.2 Å². The Bertz CT molecular complexity index is 401. The van der Waals surface area contributed by atoms with Crippen molar-refractivity contribution >= 4 is 31.9 Å². The highest BCUT2D eigenvalue weighted by atomic mass is 79.9. The van der Waals surface area contributed by atoms with E-state index < -0.39 is 0 Å². The molecule has 2 unspecified atom stereocenters. The number of halogens is 2. The van der Waals surface area contributed by atoms with Crippen LogP contribution in [0.25, 0.3) is 0 Å². The first kappa shape index (κ1) is 14.4. The van der Waals surface area contributed by atoms with Crippen LogP contribution >= 0.6 is 31.9 Å². The van der Waals surface area contributed by atoms with Crippen LogP contribution in [0.4, 0.5) is 0 Å². The molecule has 5 heteroatoms. The van der Waals surface area contributed by atoms with E-state index in [4.69, 9.17) is 0 Å². The molecule has 1 aromatic heterocycles. The highest BCUT2D eigenvalue weighted by molar-refractivity contribution is 9.11. The van der Waals surface area contributed by atoms with Gasteiger partial charge in [0.25, 0.3) is 0 Å². The van der Waals surface area contributed by atoms with E-state index in [1.807, 2.05) is 6.07 Å². The standard InChI is InChI=1S/C13H18Br2N2O/c14-9-6-10(15)12(16-7-9)8-17-11-4-2-1-3-5-13(11)18/h6-7,11,13,17-18H,1-5,8H2. The number of nitrogens with zero attached hydrogens (tertiary/aromatic N) is 1. The van der Waals surface area contributed by atoms with Gasteiger partial charge in [-0.05, 0) is 50.8 Å². The number of nitrogens with one attached hydrogen (secondary N) is 1. The molecule has 1 fully saturated rings. The van der Waals surface area contributed by atoms with Gasteiger partial charge in [0.15, 0.2) is 0 Å². The molecule has 0 saturated heterocycles. The molecule has 1 saturated carbocycles. The van der Waals surface area contributed by atoms with Crippen molar-refractivity contribution in [2.24, 2.45) is 0 Å². The molecule has 0 radical (unpaired) electrons. The average molecular weight is 378 g/mol. The van der Waals surface area contributed by atoms with E-state index in [-0.39, 0.29) is 12.1 Å². The van der Waals surface area contributed by atoms with Crippen LogP contribution in [0.1, 0.15) is 37.8 Å². The molecule has 3 nitrogen and oxygen atoms in total. The molecule has 0 spiro atoms. The second-order valence-corrected chi connectivity index (χ2v) is 6.54. The molecule has 1 heterocycles. The average Bonchev–Trinajstić information content (AvgIpc) is 2.53. The number of pyridine rings is 1. The largest absolute Gasteiger partial charge is 0.392 e. The first-order chi connectivity index (χ1) is 8.66. The molecule has 0 aliphatic heterocycles. The van der Waals surface area contributed by atoms with E-state index in [0.29, 0.717) is 6.54 Å². The van der Waals surface area contributed by atoms with E-state index in [9.17, 15) is 5.11 Å². The van der Waals surface area contributed by atoms with E-state index in [1.54, 1.807) is 6.20 Å². The van der Waals surface area contributed by atoms with Crippen LogP contribution < -0.4 is 5.32 Å². The van der Waals surface area contributed by atoms with E-state index in [2.05, 4.69) is 42.2 Å². The number of hydrogen-bond donors (Lipinski definition) is 2. The van der Waals surface area contributed by atoms with Gasteiger partial charge in [0.1, 0.15) is 0 Å². The molecule has 100 valence electrons. The fraction of sp³-hybridized carbons (Fsp3) is 0.615. The lowest BCUT2D eigenvalue weighted by molar-refractivity contribution is 0.119. The summed E-state index contributed by atoms with van der Waals surface area (Å²) in [4.78, 5) is 4.37. The molecule has 2 N–H and O–H groups in total. The number of aromatic nitrogens is 1. The number of aliphatic hydroxyl groups excluding tert-OH is 1. The first-order valence-electron chi connectivity index (χ1n) is 6.38. The van der Waals surface area contributed by atoms with Crippen molar-refractivity contribution in [1.82, 2.24) is 10.3 Å². The highest BCUT2D eigenvalue weighted by Gasteiger charge is 2.21. The zero-order valence-corrected chi connectivity index (χ0v) is 13.4. The minimum Gasteiger partial charge on any atom is -0.392 e. The maximum Gasteiger partial charge on any atom is 0.0693 e. The van der Waals surface area contributed by atoms with Gasteiger partial charge in [-0.2, -0.15) is 0 Å². The lowest BCUT2D eigenvalue weighted by Gasteiger charge is -2.21. The van der Waals surface area contributed by atoms with Gasteiger partial charge in [-0.3, -0.25) is 4.98 Å². The minimum absolute atomic E-state index is 0.199. The molecule has 2 atom stereocenters. The maximum absolute atomic E-state index is 10.0. The predicted molar refractivity (Wildman–Crippen MR) is 79.4 cm³/mol. The normalized spacial score (nSPS) is 24.8. The Hall–Kier alpha value is 0.0300. The third-order valence-corrected chi connectivity index (χ3v) is 4.52. The Balaban J connectivity index is 1.93. The number of hydrogen-bond acceptors (Lipinski definition) is 3. The summed E-state index contributed by atoms with van der Waals surface area (Å²) in [6, 6.07) is 2.19. The molecule has 0 aromatic carbocycles. The minimum atomic E-state index is -0.221. The Kier molecular flexibility index (Phi) is 5.60. The molecule has 1 aliphatic rings. The smallest absolute Gasteiger partial charge is 0.0693 e. The summed E-state index contributed by atoms with van der Waals surface area (Å²) >= 11 is 6.90. The summed E-state index contributed by atoms with van der Waals surface area (Å²) in [6.45, 7) is 0.690. The quantitative estimate of drug-likeness (QED) is 0.793. The summed E-state index contributed by atoms with van der Waals surface area (Å²) in [5.41, 5.74) is 0.981. The van der Waals surface area contributed by atoms with Crippen molar-refractivity contribution in [2.75, 3.05) is 0 Å². The number of rotatable bonds is 3. The van der Waals surface area contributed by atoms with Gasteiger partial charge in [0, 0.05) is 27.7 Å². The van der Waals surface area contributed by atoms with Crippen molar-refractivity contribution in [3.8, 4) is 0 Å². The number of aliphatic hydroxyl groups is 1. The zero-order valence-electron chi connectivity index (χ0n) is 10.2. The van der Waals surface area contributed by atoms with Gasteiger partial charge >= 0.3 is 0 Å². The second-order valence-electron chi connectivity index (χ2n) is 4.77. The fourth-order valence-corrected chi connectivity index (χ4v) is 3.45. The SMILES string of the molecule is OC1CCCCCC1NCc1ncc(Br)cc1Br. The topological polar surface area (TPSA) is 45.1 Å². The monoisotopic (exact) mass is 376 g/mol. The Morgan fingerprint density at radius 3 is 2.83 bits per heavy atom. The maximum atomic E-state index is 10.0. The van der Waals surface area contributed by atoms with Crippen LogP contribution in [0.5, 0.6) is 0 Å². The van der Waals surface area contributed by atoms with E-state index in [0.717, 1.165) is 33.9 Å². The predicted octanol–water partition coefficient (Wildman–Crippen LogP) is 3.39.